The van der Waals surface area contributed by atoms with Crippen LogP contribution in [0.3, 0.4) is 0 Å². The van der Waals surface area contributed by atoms with Crippen LogP contribution >= 0.6 is 11.3 Å². The lowest BCUT2D eigenvalue weighted by Crippen LogP contribution is -2.36. The fraction of sp³-hybridized carbons (Fsp3) is 0.400. The van der Waals surface area contributed by atoms with E-state index in [-0.39, 0.29) is 5.82 Å². The number of nitrogens with one attached hydrogen (secondary N) is 1. The van der Waals surface area contributed by atoms with Crippen LogP contribution in [0.2, 0.25) is 0 Å². The molecule has 7 heteroatoms. The summed E-state index contributed by atoms with van der Waals surface area (Å²) in [7, 11) is 0. The molecule has 0 radical (unpaired) electrons. The third-order valence-corrected chi connectivity index (χ3v) is 5.99. The Morgan fingerprint density at radius 3 is 2.81 bits per heavy atom. The molecule has 0 spiro atoms. The molecular formula is C20H23FN4OS. The van der Waals surface area contributed by atoms with Crippen molar-refractivity contribution in [2.45, 2.75) is 26.9 Å². The first-order chi connectivity index (χ1) is 13.1. The minimum absolute atomic E-state index is 0.224. The van der Waals surface area contributed by atoms with Crippen LogP contribution in [-0.4, -0.2) is 41.2 Å². The molecule has 1 aliphatic heterocycles. The van der Waals surface area contributed by atoms with E-state index in [1.54, 1.807) is 23.5 Å². The zero-order valence-corrected chi connectivity index (χ0v) is 16.4. The Morgan fingerprint density at radius 1 is 1.22 bits per heavy atom. The fourth-order valence-electron chi connectivity index (χ4n) is 3.28. The van der Waals surface area contributed by atoms with Gasteiger partial charge in [0.1, 0.15) is 22.3 Å². The van der Waals surface area contributed by atoms with Gasteiger partial charge in [0.2, 0.25) is 0 Å². The predicted molar refractivity (Wildman–Crippen MR) is 107 cm³/mol. The summed E-state index contributed by atoms with van der Waals surface area (Å²) in [5.41, 5.74) is 2.09. The van der Waals surface area contributed by atoms with Crippen molar-refractivity contribution in [2.24, 2.45) is 0 Å². The van der Waals surface area contributed by atoms with E-state index in [2.05, 4.69) is 24.1 Å². The molecule has 5 nitrogen and oxygen atoms in total. The highest BCUT2D eigenvalue weighted by Gasteiger charge is 2.17. The van der Waals surface area contributed by atoms with Crippen LogP contribution < -0.4 is 5.32 Å². The number of hydrogen-bond acceptors (Lipinski definition) is 6. The van der Waals surface area contributed by atoms with Crippen molar-refractivity contribution in [1.29, 1.82) is 0 Å². The van der Waals surface area contributed by atoms with Gasteiger partial charge in [0.25, 0.3) is 0 Å². The zero-order chi connectivity index (χ0) is 18.8. The van der Waals surface area contributed by atoms with Gasteiger partial charge >= 0.3 is 0 Å². The van der Waals surface area contributed by atoms with E-state index in [9.17, 15) is 4.39 Å². The molecule has 0 unspecified atom stereocenters. The van der Waals surface area contributed by atoms with E-state index < -0.39 is 0 Å². The standard InChI is InChI=1S/C20H23FN4OS/c1-13-14(2)27-20-18(13)19(22-11-15-4-3-5-16(21)10-15)23-17(24-20)12-25-6-8-26-9-7-25/h3-5,10H,6-9,11-12H2,1-2H3,(H,22,23,24). The molecule has 3 heterocycles. The van der Waals surface area contributed by atoms with Crippen LogP contribution in [0.25, 0.3) is 10.2 Å². The fourth-order valence-corrected chi connectivity index (χ4v) is 4.33. The van der Waals surface area contributed by atoms with Gasteiger partial charge in [-0.05, 0) is 37.1 Å². The number of thiophene rings is 1. The first kappa shape index (κ1) is 18.3. The third-order valence-electron chi connectivity index (χ3n) is 4.89. The van der Waals surface area contributed by atoms with Crippen molar-refractivity contribution >= 4 is 27.4 Å². The summed E-state index contributed by atoms with van der Waals surface area (Å²) < 4.78 is 18.9. The number of halogens is 1. The van der Waals surface area contributed by atoms with E-state index in [1.807, 2.05) is 6.07 Å². The molecule has 1 aromatic carbocycles. The maximum atomic E-state index is 13.5. The molecule has 1 aliphatic rings. The quantitative estimate of drug-likeness (QED) is 0.721. The Kier molecular flexibility index (Phi) is 5.33. The van der Waals surface area contributed by atoms with Crippen molar-refractivity contribution in [3.63, 3.8) is 0 Å². The third kappa shape index (κ3) is 4.10. The Hall–Kier alpha value is -2.09. The summed E-state index contributed by atoms with van der Waals surface area (Å²) in [6.07, 6.45) is 0. The topological polar surface area (TPSA) is 50.3 Å². The maximum absolute atomic E-state index is 13.5. The highest BCUT2D eigenvalue weighted by molar-refractivity contribution is 7.18. The molecule has 0 bridgehead atoms. The monoisotopic (exact) mass is 386 g/mol. The Bertz CT molecular complexity index is 953. The summed E-state index contributed by atoms with van der Waals surface area (Å²) in [5.74, 6) is 1.42. The maximum Gasteiger partial charge on any atom is 0.146 e. The van der Waals surface area contributed by atoms with Gasteiger partial charge in [0, 0.05) is 24.5 Å². The largest absolute Gasteiger partial charge is 0.379 e. The molecule has 142 valence electrons. The smallest absolute Gasteiger partial charge is 0.146 e. The normalized spacial score (nSPS) is 15.4. The summed E-state index contributed by atoms with van der Waals surface area (Å²) >= 11 is 1.70. The summed E-state index contributed by atoms with van der Waals surface area (Å²) in [6, 6.07) is 6.64. The number of morpholine rings is 1. The van der Waals surface area contributed by atoms with Crippen LogP contribution in [0.5, 0.6) is 0 Å². The van der Waals surface area contributed by atoms with Crippen molar-refractivity contribution in [2.75, 3.05) is 31.6 Å². The van der Waals surface area contributed by atoms with Crippen molar-refractivity contribution in [3.8, 4) is 0 Å². The van der Waals surface area contributed by atoms with Gasteiger partial charge in [-0.1, -0.05) is 12.1 Å². The Labute approximate surface area is 162 Å². The molecule has 3 aromatic rings. The Morgan fingerprint density at radius 2 is 2.04 bits per heavy atom. The number of ether oxygens (including phenoxy) is 1. The van der Waals surface area contributed by atoms with Gasteiger partial charge in [0.05, 0.1) is 25.1 Å². The molecule has 2 aromatic heterocycles. The number of nitrogens with zero attached hydrogens (tertiary/aromatic N) is 3. The number of hydrogen-bond donors (Lipinski definition) is 1. The molecule has 1 saturated heterocycles. The van der Waals surface area contributed by atoms with Crippen LogP contribution in [0, 0.1) is 19.7 Å². The minimum Gasteiger partial charge on any atom is -0.379 e. The molecular weight excluding hydrogens is 363 g/mol. The second-order valence-corrected chi connectivity index (χ2v) is 8.03. The molecule has 0 saturated carbocycles. The molecule has 0 atom stereocenters. The van der Waals surface area contributed by atoms with Crippen molar-refractivity contribution in [3.05, 3.63) is 51.9 Å². The van der Waals surface area contributed by atoms with Crippen LogP contribution in [0.1, 0.15) is 21.8 Å². The zero-order valence-electron chi connectivity index (χ0n) is 15.6. The average Bonchev–Trinajstić information content (AvgIpc) is 2.95. The predicted octanol–water partition coefficient (Wildman–Crippen LogP) is 3.89. The lowest BCUT2D eigenvalue weighted by Gasteiger charge is -2.25. The van der Waals surface area contributed by atoms with E-state index in [4.69, 9.17) is 14.7 Å². The minimum atomic E-state index is -0.224. The van der Waals surface area contributed by atoms with Crippen LogP contribution in [0.15, 0.2) is 24.3 Å². The second-order valence-electron chi connectivity index (χ2n) is 6.82. The average molecular weight is 386 g/mol. The lowest BCUT2D eigenvalue weighted by atomic mass is 10.2. The second kappa shape index (κ2) is 7.88. The Balaban J connectivity index is 1.63. The molecule has 27 heavy (non-hydrogen) atoms. The van der Waals surface area contributed by atoms with Gasteiger partial charge in [0.15, 0.2) is 0 Å². The van der Waals surface area contributed by atoms with Gasteiger partial charge in [-0.3, -0.25) is 4.90 Å². The van der Waals surface area contributed by atoms with Crippen LogP contribution in [-0.2, 0) is 17.8 Å². The molecule has 0 amide bonds. The number of aryl methyl sites for hydroxylation is 2. The van der Waals surface area contributed by atoms with Crippen molar-refractivity contribution < 1.29 is 9.13 Å². The van der Waals surface area contributed by atoms with E-state index >= 15 is 0 Å². The summed E-state index contributed by atoms with van der Waals surface area (Å²) in [6.45, 7) is 8.76. The molecule has 1 fully saturated rings. The SMILES string of the molecule is Cc1sc2nc(CN3CCOCC3)nc(NCc3cccc(F)c3)c2c1C. The molecule has 4 rings (SSSR count). The van der Waals surface area contributed by atoms with E-state index in [0.29, 0.717) is 13.1 Å². The summed E-state index contributed by atoms with van der Waals surface area (Å²) in [5, 5.41) is 4.48. The summed E-state index contributed by atoms with van der Waals surface area (Å²) in [4.78, 5) is 14.2. The van der Waals surface area contributed by atoms with Crippen molar-refractivity contribution in [1.82, 2.24) is 14.9 Å². The number of benzene rings is 1. The number of fused-ring (bicyclic) bond motifs is 1. The van der Waals surface area contributed by atoms with Gasteiger partial charge < -0.3 is 10.1 Å². The molecule has 0 aliphatic carbocycles. The van der Waals surface area contributed by atoms with E-state index in [0.717, 1.165) is 53.7 Å². The van der Waals surface area contributed by atoms with Gasteiger partial charge in [-0.25, -0.2) is 14.4 Å². The first-order valence-corrected chi connectivity index (χ1v) is 9.97. The first-order valence-electron chi connectivity index (χ1n) is 9.15. The van der Waals surface area contributed by atoms with E-state index in [1.165, 1.54) is 16.5 Å². The highest BCUT2D eigenvalue weighted by atomic mass is 32.1. The number of anilines is 1. The van der Waals surface area contributed by atoms with Gasteiger partial charge in [-0.15, -0.1) is 11.3 Å². The highest BCUT2D eigenvalue weighted by Crippen LogP contribution is 2.33. The van der Waals surface area contributed by atoms with Crippen LogP contribution in [0.4, 0.5) is 10.2 Å². The number of rotatable bonds is 5. The number of aromatic nitrogens is 2. The molecule has 1 N–H and O–H groups in total. The van der Waals surface area contributed by atoms with Gasteiger partial charge in [-0.2, -0.15) is 0 Å². The lowest BCUT2D eigenvalue weighted by molar-refractivity contribution is 0.0331.